The molecule has 2 aromatic carbocycles. The summed E-state index contributed by atoms with van der Waals surface area (Å²) in [4.78, 5) is 24.5. The number of nitrogens with one attached hydrogen (secondary N) is 2. The molecule has 25 heavy (non-hydrogen) atoms. The second-order valence-electron chi connectivity index (χ2n) is 6.29. The lowest BCUT2D eigenvalue weighted by atomic mass is 10.1. The van der Waals surface area contributed by atoms with Gasteiger partial charge < -0.3 is 10.6 Å². The first kappa shape index (κ1) is 17.1. The summed E-state index contributed by atoms with van der Waals surface area (Å²) in [5, 5.41) is 5.74. The van der Waals surface area contributed by atoms with Gasteiger partial charge in [0.15, 0.2) is 0 Å². The lowest BCUT2D eigenvalue weighted by molar-refractivity contribution is -0.125. The Kier molecular flexibility index (Phi) is 5.12. The summed E-state index contributed by atoms with van der Waals surface area (Å²) in [6.45, 7) is 2.37. The Morgan fingerprint density at radius 1 is 1.04 bits per heavy atom. The van der Waals surface area contributed by atoms with Crippen molar-refractivity contribution in [3.63, 3.8) is 0 Å². The highest BCUT2D eigenvalue weighted by molar-refractivity contribution is 5.99. The topological polar surface area (TPSA) is 58.2 Å². The van der Waals surface area contributed by atoms with Gasteiger partial charge in [0, 0.05) is 12.2 Å². The maximum Gasteiger partial charge on any atom is 0.228 e. The largest absolute Gasteiger partial charge is 0.352 e. The van der Waals surface area contributed by atoms with Gasteiger partial charge in [0.25, 0.3) is 0 Å². The Morgan fingerprint density at radius 2 is 1.72 bits per heavy atom. The van der Waals surface area contributed by atoms with Crippen molar-refractivity contribution in [2.45, 2.75) is 26.3 Å². The molecule has 4 nitrogen and oxygen atoms in total. The van der Waals surface area contributed by atoms with E-state index < -0.39 is 0 Å². The van der Waals surface area contributed by atoms with Crippen LogP contribution in [0.2, 0.25) is 0 Å². The second-order valence-corrected chi connectivity index (χ2v) is 6.29. The molecule has 0 saturated heterocycles. The molecule has 0 heterocycles. The second kappa shape index (κ2) is 7.47. The van der Waals surface area contributed by atoms with Crippen LogP contribution in [-0.4, -0.2) is 11.8 Å². The minimum Gasteiger partial charge on any atom is -0.352 e. The van der Waals surface area contributed by atoms with Crippen molar-refractivity contribution in [2.75, 3.05) is 5.32 Å². The molecule has 1 aliphatic rings. The molecule has 2 amide bonds. The van der Waals surface area contributed by atoms with Crippen LogP contribution in [0, 0.1) is 17.7 Å². The van der Waals surface area contributed by atoms with Gasteiger partial charge >= 0.3 is 0 Å². The van der Waals surface area contributed by atoms with Crippen molar-refractivity contribution in [3.05, 3.63) is 65.5 Å². The van der Waals surface area contributed by atoms with E-state index in [1.54, 1.807) is 12.1 Å². The Balaban J connectivity index is 1.50. The molecular weight excluding hydrogens is 319 g/mol. The van der Waals surface area contributed by atoms with E-state index in [1.807, 2.05) is 31.2 Å². The highest BCUT2D eigenvalue weighted by atomic mass is 19.1. The Hall–Kier alpha value is -2.69. The number of aryl methyl sites for hydroxylation is 1. The van der Waals surface area contributed by atoms with Gasteiger partial charge in [-0.25, -0.2) is 4.39 Å². The molecule has 1 fully saturated rings. The van der Waals surface area contributed by atoms with Crippen molar-refractivity contribution in [1.82, 2.24) is 5.32 Å². The number of amides is 2. The number of hydrogen-bond acceptors (Lipinski definition) is 2. The minimum absolute atomic E-state index is 0.108. The molecule has 2 unspecified atom stereocenters. The number of rotatable bonds is 6. The van der Waals surface area contributed by atoms with Gasteiger partial charge in [-0.15, -0.1) is 0 Å². The fourth-order valence-electron chi connectivity index (χ4n) is 2.87. The molecule has 1 saturated carbocycles. The average Bonchev–Trinajstić information content (AvgIpc) is 3.42. The van der Waals surface area contributed by atoms with Gasteiger partial charge in [0.05, 0.1) is 11.8 Å². The molecule has 3 rings (SSSR count). The lowest BCUT2D eigenvalue weighted by Crippen LogP contribution is -2.27. The maximum atomic E-state index is 12.9. The molecule has 0 aliphatic heterocycles. The Labute approximate surface area is 146 Å². The van der Waals surface area contributed by atoms with Crippen molar-refractivity contribution in [2.24, 2.45) is 11.8 Å². The number of para-hydroxylation sites is 1. The van der Waals surface area contributed by atoms with Crippen LogP contribution in [0.1, 0.15) is 24.5 Å². The number of hydrogen-bond donors (Lipinski definition) is 2. The van der Waals surface area contributed by atoms with Crippen LogP contribution < -0.4 is 10.6 Å². The highest BCUT2D eigenvalue weighted by Gasteiger charge is 2.47. The molecular formula is C20H21FN2O2. The van der Waals surface area contributed by atoms with Crippen LogP contribution in [0.5, 0.6) is 0 Å². The van der Waals surface area contributed by atoms with E-state index in [9.17, 15) is 14.0 Å². The van der Waals surface area contributed by atoms with Gasteiger partial charge in [0.1, 0.15) is 5.82 Å². The normalized spacial score (nSPS) is 18.5. The zero-order valence-electron chi connectivity index (χ0n) is 14.1. The Bertz CT molecular complexity index is 774. The van der Waals surface area contributed by atoms with Gasteiger partial charge in [0.2, 0.25) is 11.8 Å². The Morgan fingerprint density at radius 3 is 2.44 bits per heavy atom. The van der Waals surface area contributed by atoms with E-state index in [-0.39, 0.29) is 29.5 Å². The van der Waals surface area contributed by atoms with Crippen LogP contribution in [0.4, 0.5) is 10.1 Å². The SMILES string of the molecule is CCc1ccccc1NC(=O)C1CC1C(=O)NCc1ccc(F)cc1. The van der Waals surface area contributed by atoms with E-state index in [0.717, 1.165) is 23.2 Å². The lowest BCUT2D eigenvalue weighted by Gasteiger charge is -2.09. The first-order chi connectivity index (χ1) is 12.1. The third-order valence-corrected chi connectivity index (χ3v) is 4.50. The fraction of sp³-hybridized carbons (Fsp3) is 0.300. The number of carbonyl (C=O) groups excluding carboxylic acids is 2. The van der Waals surface area contributed by atoms with Gasteiger partial charge in [-0.2, -0.15) is 0 Å². The zero-order chi connectivity index (χ0) is 17.8. The van der Waals surface area contributed by atoms with Gasteiger partial charge in [-0.3, -0.25) is 9.59 Å². The third-order valence-electron chi connectivity index (χ3n) is 4.50. The summed E-state index contributed by atoms with van der Waals surface area (Å²) in [5.41, 5.74) is 2.72. The van der Waals surface area contributed by atoms with E-state index in [1.165, 1.54) is 12.1 Å². The molecule has 2 N–H and O–H groups in total. The quantitative estimate of drug-likeness (QED) is 0.848. The van der Waals surface area contributed by atoms with Crippen LogP contribution in [0.15, 0.2) is 48.5 Å². The summed E-state index contributed by atoms with van der Waals surface area (Å²) in [6, 6.07) is 13.7. The maximum absolute atomic E-state index is 12.9. The van der Waals surface area contributed by atoms with Crippen molar-refractivity contribution in [3.8, 4) is 0 Å². The van der Waals surface area contributed by atoms with Crippen molar-refractivity contribution >= 4 is 17.5 Å². The first-order valence-electron chi connectivity index (χ1n) is 8.49. The standard InChI is InChI=1S/C20H21FN2O2/c1-2-14-5-3-4-6-18(14)23-20(25)17-11-16(17)19(24)22-12-13-7-9-15(21)10-8-13/h3-10,16-17H,2,11-12H2,1H3,(H,22,24)(H,23,25). The average molecular weight is 340 g/mol. The summed E-state index contributed by atoms with van der Waals surface area (Å²) >= 11 is 0. The number of anilines is 1. The highest BCUT2D eigenvalue weighted by Crippen LogP contribution is 2.39. The first-order valence-corrected chi connectivity index (χ1v) is 8.49. The summed E-state index contributed by atoms with van der Waals surface area (Å²) < 4.78 is 12.9. The number of benzene rings is 2. The molecule has 1 aliphatic carbocycles. The van der Waals surface area contributed by atoms with E-state index in [0.29, 0.717) is 13.0 Å². The molecule has 0 bridgehead atoms. The molecule has 0 radical (unpaired) electrons. The molecule has 0 aromatic heterocycles. The summed E-state index contributed by atoms with van der Waals surface area (Å²) in [6.07, 6.45) is 1.40. The third kappa shape index (κ3) is 4.24. The minimum atomic E-state index is -0.304. The van der Waals surface area contributed by atoms with E-state index >= 15 is 0 Å². The summed E-state index contributed by atoms with van der Waals surface area (Å²) in [5.74, 6) is -1.11. The number of halogens is 1. The van der Waals surface area contributed by atoms with Gasteiger partial charge in [-0.1, -0.05) is 37.3 Å². The van der Waals surface area contributed by atoms with Crippen molar-refractivity contribution in [1.29, 1.82) is 0 Å². The number of carbonyl (C=O) groups is 2. The predicted molar refractivity (Wildman–Crippen MR) is 94.3 cm³/mol. The van der Waals surface area contributed by atoms with E-state index in [2.05, 4.69) is 10.6 Å². The smallest absolute Gasteiger partial charge is 0.228 e. The fourth-order valence-corrected chi connectivity index (χ4v) is 2.87. The van der Waals surface area contributed by atoms with Crippen LogP contribution in [-0.2, 0) is 22.6 Å². The molecule has 0 spiro atoms. The van der Waals surface area contributed by atoms with Crippen LogP contribution in [0.3, 0.4) is 0 Å². The van der Waals surface area contributed by atoms with E-state index in [4.69, 9.17) is 0 Å². The summed E-state index contributed by atoms with van der Waals surface area (Å²) in [7, 11) is 0. The van der Waals surface area contributed by atoms with Crippen LogP contribution >= 0.6 is 0 Å². The molecule has 2 aromatic rings. The molecule has 2 atom stereocenters. The molecule has 5 heteroatoms. The molecule has 130 valence electrons. The van der Waals surface area contributed by atoms with Crippen molar-refractivity contribution < 1.29 is 14.0 Å². The monoisotopic (exact) mass is 340 g/mol. The predicted octanol–water partition coefficient (Wildman–Crippen LogP) is 3.28. The van der Waals surface area contributed by atoms with Crippen LogP contribution in [0.25, 0.3) is 0 Å². The van der Waals surface area contributed by atoms with Gasteiger partial charge in [-0.05, 0) is 42.2 Å². The zero-order valence-corrected chi connectivity index (χ0v) is 14.1.